The van der Waals surface area contributed by atoms with Gasteiger partial charge in [-0.05, 0) is 31.9 Å². The van der Waals surface area contributed by atoms with E-state index in [1.807, 2.05) is 39.0 Å². The minimum atomic E-state index is -0.0125. The molecule has 1 N–H and O–H groups in total. The number of hydrogen-bond acceptors (Lipinski definition) is 4. The van der Waals surface area contributed by atoms with Gasteiger partial charge in [0.25, 0.3) is 0 Å². The smallest absolute Gasteiger partial charge is 0.248 e. The summed E-state index contributed by atoms with van der Waals surface area (Å²) in [5, 5.41) is 3.01. The number of benzene rings is 1. The van der Waals surface area contributed by atoms with Crippen LogP contribution < -0.4 is 5.32 Å². The molecule has 24 heavy (non-hydrogen) atoms. The average molecular weight is 333 g/mol. The van der Waals surface area contributed by atoms with Crippen LogP contribution in [0.2, 0.25) is 0 Å². The SMILES string of the molecule is CCOCC(=O)N1CCN(CC(=O)Nc2c(C)cccc2C)CC1. The van der Waals surface area contributed by atoms with E-state index in [1.54, 1.807) is 4.90 Å². The quantitative estimate of drug-likeness (QED) is 0.855. The summed E-state index contributed by atoms with van der Waals surface area (Å²) in [6, 6.07) is 5.97. The Morgan fingerprint density at radius 2 is 1.75 bits per heavy atom. The Morgan fingerprint density at radius 1 is 1.12 bits per heavy atom. The number of amides is 2. The molecule has 6 nitrogen and oxygen atoms in total. The minimum Gasteiger partial charge on any atom is -0.372 e. The Labute approximate surface area is 143 Å². The van der Waals surface area contributed by atoms with E-state index in [-0.39, 0.29) is 18.4 Å². The number of aryl methyl sites for hydroxylation is 2. The second kappa shape index (κ2) is 8.80. The van der Waals surface area contributed by atoms with Crippen molar-refractivity contribution in [2.45, 2.75) is 20.8 Å². The molecule has 1 aromatic carbocycles. The van der Waals surface area contributed by atoms with Crippen LogP contribution in [0.25, 0.3) is 0 Å². The molecule has 0 bridgehead atoms. The van der Waals surface area contributed by atoms with Gasteiger partial charge in [-0.1, -0.05) is 18.2 Å². The normalized spacial score (nSPS) is 15.4. The van der Waals surface area contributed by atoms with E-state index >= 15 is 0 Å². The molecule has 132 valence electrons. The van der Waals surface area contributed by atoms with E-state index in [2.05, 4.69) is 10.2 Å². The maximum absolute atomic E-state index is 12.3. The molecule has 1 fully saturated rings. The standard InChI is InChI=1S/C18H27N3O3/c1-4-24-13-17(23)21-10-8-20(9-11-21)12-16(22)19-18-14(2)6-5-7-15(18)3/h5-7H,4,8-13H2,1-3H3,(H,19,22). The van der Waals surface area contributed by atoms with Crippen molar-refractivity contribution in [2.75, 3.05) is 51.3 Å². The van der Waals surface area contributed by atoms with Gasteiger partial charge in [0.05, 0.1) is 6.54 Å². The molecule has 2 amide bonds. The van der Waals surface area contributed by atoms with Gasteiger partial charge in [0, 0.05) is 38.5 Å². The van der Waals surface area contributed by atoms with Gasteiger partial charge in [0.15, 0.2) is 0 Å². The van der Waals surface area contributed by atoms with E-state index in [9.17, 15) is 9.59 Å². The van der Waals surface area contributed by atoms with Crippen molar-refractivity contribution in [2.24, 2.45) is 0 Å². The summed E-state index contributed by atoms with van der Waals surface area (Å²) in [4.78, 5) is 28.1. The van der Waals surface area contributed by atoms with E-state index in [0.717, 1.165) is 16.8 Å². The van der Waals surface area contributed by atoms with Gasteiger partial charge in [-0.2, -0.15) is 0 Å². The topological polar surface area (TPSA) is 61.9 Å². The molecule has 1 aliphatic rings. The Balaban J connectivity index is 1.79. The van der Waals surface area contributed by atoms with Crippen LogP contribution in [-0.2, 0) is 14.3 Å². The van der Waals surface area contributed by atoms with Crippen molar-refractivity contribution in [3.8, 4) is 0 Å². The van der Waals surface area contributed by atoms with Crippen molar-refractivity contribution < 1.29 is 14.3 Å². The second-order valence-electron chi connectivity index (χ2n) is 6.11. The molecule has 0 spiro atoms. The van der Waals surface area contributed by atoms with Crippen molar-refractivity contribution >= 4 is 17.5 Å². The van der Waals surface area contributed by atoms with Crippen molar-refractivity contribution in [3.05, 3.63) is 29.3 Å². The number of hydrogen-bond donors (Lipinski definition) is 1. The summed E-state index contributed by atoms with van der Waals surface area (Å²) in [5.74, 6) is 0.0120. The number of carbonyl (C=O) groups is 2. The molecule has 1 aromatic rings. The summed E-state index contributed by atoms with van der Waals surface area (Å²) >= 11 is 0. The minimum absolute atomic E-state index is 0.0125. The first kappa shape index (κ1) is 18.4. The van der Waals surface area contributed by atoms with Crippen LogP contribution in [0.1, 0.15) is 18.1 Å². The fourth-order valence-electron chi connectivity index (χ4n) is 2.83. The predicted molar refractivity (Wildman–Crippen MR) is 94.1 cm³/mol. The van der Waals surface area contributed by atoms with Crippen molar-refractivity contribution in [3.63, 3.8) is 0 Å². The van der Waals surface area contributed by atoms with Crippen LogP contribution in [0.3, 0.4) is 0 Å². The molecule has 0 saturated carbocycles. The lowest BCUT2D eigenvalue weighted by molar-refractivity contribution is -0.137. The van der Waals surface area contributed by atoms with Gasteiger partial charge < -0.3 is 15.0 Å². The van der Waals surface area contributed by atoms with Crippen LogP contribution >= 0.6 is 0 Å². The number of rotatable bonds is 6. The number of anilines is 1. The van der Waals surface area contributed by atoms with Gasteiger partial charge in [-0.25, -0.2) is 0 Å². The molecule has 1 heterocycles. The largest absolute Gasteiger partial charge is 0.372 e. The molecule has 0 radical (unpaired) electrons. The Bertz CT molecular complexity index is 561. The fraction of sp³-hybridized carbons (Fsp3) is 0.556. The molecule has 1 aliphatic heterocycles. The summed E-state index contributed by atoms with van der Waals surface area (Å²) in [7, 11) is 0. The number of carbonyl (C=O) groups excluding carboxylic acids is 2. The number of para-hydroxylation sites is 1. The van der Waals surface area contributed by atoms with Gasteiger partial charge in [0.1, 0.15) is 6.61 Å². The highest BCUT2D eigenvalue weighted by Crippen LogP contribution is 2.19. The zero-order valence-corrected chi connectivity index (χ0v) is 14.8. The average Bonchev–Trinajstić information content (AvgIpc) is 2.57. The van der Waals surface area contributed by atoms with E-state index in [1.165, 1.54) is 0 Å². The Hall–Kier alpha value is -1.92. The lowest BCUT2D eigenvalue weighted by Gasteiger charge is -2.34. The first-order valence-electron chi connectivity index (χ1n) is 8.45. The Morgan fingerprint density at radius 3 is 2.33 bits per heavy atom. The molecule has 2 rings (SSSR count). The molecule has 0 aromatic heterocycles. The molecule has 0 unspecified atom stereocenters. The third kappa shape index (κ3) is 5.04. The highest BCUT2D eigenvalue weighted by Gasteiger charge is 2.22. The number of nitrogens with zero attached hydrogens (tertiary/aromatic N) is 2. The van der Waals surface area contributed by atoms with Crippen molar-refractivity contribution in [1.82, 2.24) is 9.80 Å². The highest BCUT2D eigenvalue weighted by atomic mass is 16.5. The van der Waals surface area contributed by atoms with Crippen LogP contribution in [-0.4, -0.2) is 67.6 Å². The fourth-order valence-corrected chi connectivity index (χ4v) is 2.83. The number of ether oxygens (including phenoxy) is 1. The van der Waals surface area contributed by atoms with Crippen LogP contribution in [0.5, 0.6) is 0 Å². The highest BCUT2D eigenvalue weighted by molar-refractivity contribution is 5.93. The van der Waals surface area contributed by atoms with Gasteiger partial charge in [0.2, 0.25) is 11.8 Å². The summed E-state index contributed by atoms with van der Waals surface area (Å²) in [5.41, 5.74) is 3.03. The maximum Gasteiger partial charge on any atom is 0.248 e. The predicted octanol–water partition coefficient (Wildman–Crippen LogP) is 1.42. The first-order chi connectivity index (χ1) is 11.5. The maximum atomic E-state index is 12.3. The molecule has 6 heteroatoms. The Kier molecular flexibility index (Phi) is 6.75. The molecular formula is C18H27N3O3. The van der Waals surface area contributed by atoms with Crippen LogP contribution in [0.15, 0.2) is 18.2 Å². The third-order valence-corrected chi connectivity index (χ3v) is 4.27. The van der Waals surface area contributed by atoms with Crippen LogP contribution in [0.4, 0.5) is 5.69 Å². The molecule has 0 atom stereocenters. The third-order valence-electron chi connectivity index (χ3n) is 4.27. The van der Waals surface area contributed by atoms with E-state index in [4.69, 9.17) is 4.74 Å². The summed E-state index contributed by atoms with van der Waals surface area (Å²) in [6.45, 7) is 9.59. The van der Waals surface area contributed by atoms with Crippen LogP contribution in [0, 0.1) is 13.8 Å². The first-order valence-corrected chi connectivity index (χ1v) is 8.45. The number of piperazine rings is 1. The van der Waals surface area contributed by atoms with Gasteiger partial charge in [-0.15, -0.1) is 0 Å². The molecular weight excluding hydrogens is 306 g/mol. The number of nitrogens with one attached hydrogen (secondary N) is 1. The monoisotopic (exact) mass is 333 g/mol. The molecule has 0 aliphatic carbocycles. The van der Waals surface area contributed by atoms with Gasteiger partial charge >= 0.3 is 0 Å². The lowest BCUT2D eigenvalue weighted by Crippen LogP contribution is -2.51. The van der Waals surface area contributed by atoms with Crippen molar-refractivity contribution in [1.29, 1.82) is 0 Å². The lowest BCUT2D eigenvalue weighted by atomic mass is 10.1. The zero-order chi connectivity index (χ0) is 17.5. The zero-order valence-electron chi connectivity index (χ0n) is 14.8. The second-order valence-corrected chi connectivity index (χ2v) is 6.11. The summed E-state index contributed by atoms with van der Waals surface area (Å²) in [6.07, 6.45) is 0. The van der Waals surface area contributed by atoms with Gasteiger partial charge in [-0.3, -0.25) is 14.5 Å². The summed E-state index contributed by atoms with van der Waals surface area (Å²) < 4.78 is 5.16. The van der Waals surface area contributed by atoms with E-state index < -0.39 is 0 Å². The molecule has 1 saturated heterocycles. The van der Waals surface area contributed by atoms with E-state index in [0.29, 0.717) is 39.3 Å².